The molecule has 1 aromatic heterocycles. The summed E-state index contributed by atoms with van der Waals surface area (Å²) in [7, 11) is 0. The molecule has 0 amide bonds. The molecule has 0 saturated heterocycles. The van der Waals surface area contributed by atoms with Gasteiger partial charge in [0, 0.05) is 11.3 Å². The van der Waals surface area contributed by atoms with Gasteiger partial charge < -0.3 is 10.2 Å². The second-order valence-electron chi connectivity index (χ2n) is 5.92. The highest BCUT2D eigenvalue weighted by atomic mass is 16.4. The molecule has 0 bridgehead atoms. The highest BCUT2D eigenvalue weighted by molar-refractivity contribution is 6.05. The first-order valence-corrected chi connectivity index (χ1v) is 7.57. The van der Waals surface area contributed by atoms with Crippen LogP contribution in [0.4, 0.5) is 0 Å². The molecule has 1 heterocycles. The van der Waals surface area contributed by atoms with Crippen LogP contribution in [0.3, 0.4) is 0 Å². The van der Waals surface area contributed by atoms with Crippen molar-refractivity contribution in [2.45, 2.75) is 18.8 Å². The van der Waals surface area contributed by atoms with Gasteiger partial charge in [-0.3, -0.25) is 0 Å². The number of aromatic hydroxyl groups is 1. The zero-order valence-electron chi connectivity index (χ0n) is 12.4. The maximum Gasteiger partial charge on any atom is 0.340 e. The van der Waals surface area contributed by atoms with E-state index >= 15 is 0 Å². The Kier molecular flexibility index (Phi) is 3.05. The molecule has 4 nitrogen and oxygen atoms in total. The second kappa shape index (κ2) is 5.09. The van der Waals surface area contributed by atoms with E-state index in [-0.39, 0.29) is 17.2 Å². The number of benzene rings is 2. The van der Waals surface area contributed by atoms with Gasteiger partial charge in [-0.25, -0.2) is 9.78 Å². The van der Waals surface area contributed by atoms with E-state index in [1.54, 1.807) is 18.2 Å². The predicted molar refractivity (Wildman–Crippen MR) is 87.0 cm³/mol. The second-order valence-corrected chi connectivity index (χ2v) is 5.92. The van der Waals surface area contributed by atoms with Gasteiger partial charge in [0.05, 0.1) is 11.2 Å². The van der Waals surface area contributed by atoms with Gasteiger partial charge in [0.1, 0.15) is 5.56 Å². The fraction of sp³-hybridized carbons (Fsp3) is 0.158. The number of para-hydroxylation sites is 1. The molecule has 0 unspecified atom stereocenters. The molecule has 4 heteroatoms. The summed E-state index contributed by atoms with van der Waals surface area (Å²) in [5.41, 5.74) is 3.51. The van der Waals surface area contributed by atoms with E-state index in [2.05, 4.69) is 17.1 Å². The molecule has 2 aromatic carbocycles. The Morgan fingerprint density at radius 3 is 2.26 bits per heavy atom. The Morgan fingerprint density at radius 2 is 1.61 bits per heavy atom. The molecule has 0 aliphatic heterocycles. The third-order valence-electron chi connectivity index (χ3n) is 4.55. The summed E-state index contributed by atoms with van der Waals surface area (Å²) in [6.07, 6.45) is 1.54. The summed E-state index contributed by atoms with van der Waals surface area (Å²) in [6, 6.07) is 15.2. The molecule has 0 saturated carbocycles. The average molecular weight is 305 g/mol. The summed E-state index contributed by atoms with van der Waals surface area (Å²) in [4.78, 5) is 16.2. The Hall–Kier alpha value is -2.88. The normalized spacial score (nSPS) is 14.1. The molecule has 4 rings (SSSR count). The minimum Gasteiger partial charge on any atom is -0.505 e. The zero-order valence-corrected chi connectivity index (χ0v) is 12.4. The van der Waals surface area contributed by atoms with Crippen LogP contribution in [0.25, 0.3) is 10.9 Å². The van der Waals surface area contributed by atoms with Crippen molar-refractivity contribution < 1.29 is 15.0 Å². The van der Waals surface area contributed by atoms with Gasteiger partial charge in [0.2, 0.25) is 0 Å². The molecule has 2 N–H and O–H groups in total. The Bertz CT molecular complexity index is 908. The van der Waals surface area contributed by atoms with E-state index < -0.39 is 5.97 Å². The third kappa shape index (κ3) is 2.14. The van der Waals surface area contributed by atoms with Gasteiger partial charge in [0.15, 0.2) is 5.75 Å². The summed E-state index contributed by atoms with van der Waals surface area (Å²) in [5.74, 6) is -1.32. The van der Waals surface area contributed by atoms with Crippen LogP contribution < -0.4 is 0 Å². The highest BCUT2D eigenvalue weighted by Gasteiger charge is 2.29. The first kappa shape index (κ1) is 13.8. The molecular weight excluding hydrogens is 290 g/mol. The number of fused-ring (bicyclic) bond motifs is 2. The monoisotopic (exact) mass is 305 g/mol. The van der Waals surface area contributed by atoms with Crippen LogP contribution in [0.15, 0.2) is 48.5 Å². The molecule has 0 spiro atoms. The molecule has 0 fully saturated rings. The van der Waals surface area contributed by atoms with E-state index in [4.69, 9.17) is 0 Å². The maximum absolute atomic E-state index is 11.6. The Morgan fingerprint density at radius 1 is 1.00 bits per heavy atom. The summed E-state index contributed by atoms with van der Waals surface area (Å²) in [6.45, 7) is 0. The van der Waals surface area contributed by atoms with Crippen molar-refractivity contribution in [3.8, 4) is 5.75 Å². The summed E-state index contributed by atoms with van der Waals surface area (Å²) < 4.78 is 0. The van der Waals surface area contributed by atoms with Crippen LogP contribution in [-0.2, 0) is 12.8 Å². The van der Waals surface area contributed by atoms with Crippen molar-refractivity contribution >= 4 is 16.9 Å². The topological polar surface area (TPSA) is 70.4 Å². The minimum atomic E-state index is -1.13. The molecule has 0 atom stereocenters. The van der Waals surface area contributed by atoms with Gasteiger partial charge in [0.25, 0.3) is 0 Å². The van der Waals surface area contributed by atoms with E-state index in [0.717, 1.165) is 12.8 Å². The van der Waals surface area contributed by atoms with Gasteiger partial charge in [-0.15, -0.1) is 0 Å². The number of rotatable bonds is 2. The smallest absolute Gasteiger partial charge is 0.340 e. The number of carboxylic acid groups (broad SMARTS) is 1. The quantitative estimate of drug-likeness (QED) is 0.760. The SMILES string of the molecule is O=C(O)c1c(O)c(C2Cc3ccccc3C2)nc2ccccc12. The lowest BCUT2D eigenvalue weighted by atomic mass is 9.96. The van der Waals surface area contributed by atoms with Crippen molar-refractivity contribution in [3.63, 3.8) is 0 Å². The lowest BCUT2D eigenvalue weighted by Crippen LogP contribution is -2.07. The molecule has 23 heavy (non-hydrogen) atoms. The summed E-state index contributed by atoms with van der Waals surface area (Å²) in [5, 5.41) is 20.5. The van der Waals surface area contributed by atoms with E-state index in [1.165, 1.54) is 11.1 Å². The molecular formula is C19H15NO3. The van der Waals surface area contributed by atoms with Crippen LogP contribution >= 0.6 is 0 Å². The molecule has 114 valence electrons. The van der Waals surface area contributed by atoms with Crippen LogP contribution in [0.5, 0.6) is 5.75 Å². The van der Waals surface area contributed by atoms with Crippen molar-refractivity contribution in [2.24, 2.45) is 0 Å². The van der Waals surface area contributed by atoms with Gasteiger partial charge in [-0.2, -0.15) is 0 Å². The van der Waals surface area contributed by atoms with Crippen LogP contribution in [0, 0.1) is 0 Å². The number of hydrogen-bond acceptors (Lipinski definition) is 3. The Labute approximate surface area is 133 Å². The number of carboxylic acids is 1. The molecule has 1 aliphatic carbocycles. The molecule has 0 radical (unpaired) electrons. The number of nitrogens with zero attached hydrogens (tertiary/aromatic N) is 1. The van der Waals surface area contributed by atoms with Gasteiger partial charge >= 0.3 is 5.97 Å². The van der Waals surface area contributed by atoms with Crippen molar-refractivity contribution in [3.05, 3.63) is 70.9 Å². The third-order valence-corrected chi connectivity index (χ3v) is 4.55. The summed E-state index contributed by atoms with van der Waals surface area (Å²) >= 11 is 0. The Balaban J connectivity index is 1.89. The largest absolute Gasteiger partial charge is 0.505 e. The van der Waals surface area contributed by atoms with E-state index in [1.807, 2.05) is 18.2 Å². The fourth-order valence-corrected chi connectivity index (χ4v) is 3.47. The predicted octanol–water partition coefficient (Wildman–Crippen LogP) is 3.52. The number of hydrogen-bond donors (Lipinski definition) is 2. The zero-order chi connectivity index (χ0) is 16.0. The lowest BCUT2D eigenvalue weighted by molar-refractivity contribution is 0.0695. The maximum atomic E-state index is 11.6. The number of carbonyl (C=O) groups is 1. The first-order valence-electron chi connectivity index (χ1n) is 7.57. The van der Waals surface area contributed by atoms with Crippen molar-refractivity contribution in [1.82, 2.24) is 4.98 Å². The standard InChI is InChI=1S/C19H15NO3/c21-18-16(19(22)23)14-7-3-4-8-15(14)20-17(18)13-9-11-5-1-2-6-12(11)10-13/h1-8,13,21H,9-10H2,(H,22,23). The first-order chi connectivity index (χ1) is 11.1. The van der Waals surface area contributed by atoms with Crippen LogP contribution in [0.2, 0.25) is 0 Å². The van der Waals surface area contributed by atoms with Crippen molar-refractivity contribution in [1.29, 1.82) is 0 Å². The van der Waals surface area contributed by atoms with Crippen LogP contribution in [0.1, 0.15) is 33.1 Å². The van der Waals surface area contributed by atoms with E-state index in [9.17, 15) is 15.0 Å². The lowest BCUT2D eigenvalue weighted by Gasteiger charge is -2.14. The van der Waals surface area contributed by atoms with Crippen LogP contribution in [-0.4, -0.2) is 21.2 Å². The minimum absolute atomic E-state index is 0.00936. The van der Waals surface area contributed by atoms with Gasteiger partial charge in [-0.1, -0.05) is 42.5 Å². The van der Waals surface area contributed by atoms with Crippen molar-refractivity contribution in [2.75, 3.05) is 0 Å². The number of aromatic nitrogens is 1. The fourth-order valence-electron chi connectivity index (χ4n) is 3.47. The number of pyridine rings is 1. The van der Waals surface area contributed by atoms with Gasteiger partial charge in [-0.05, 0) is 30.0 Å². The average Bonchev–Trinajstić information content (AvgIpc) is 2.97. The van der Waals surface area contributed by atoms with E-state index in [0.29, 0.717) is 16.6 Å². The number of aromatic carboxylic acids is 1. The molecule has 1 aliphatic rings. The highest BCUT2D eigenvalue weighted by Crippen LogP contribution is 2.39. The molecule has 3 aromatic rings.